The van der Waals surface area contributed by atoms with Crippen LogP contribution >= 0.6 is 0 Å². The highest BCUT2D eigenvalue weighted by Crippen LogP contribution is 2.08. The summed E-state index contributed by atoms with van der Waals surface area (Å²) in [6.07, 6.45) is 0.642. The van der Waals surface area contributed by atoms with Crippen molar-refractivity contribution >= 4 is 0 Å². The van der Waals surface area contributed by atoms with Crippen LogP contribution in [0.3, 0.4) is 0 Å². The molecule has 64 valence electrons. The minimum absolute atomic E-state index is 0.642. The van der Waals surface area contributed by atoms with Crippen molar-refractivity contribution in [3.63, 3.8) is 0 Å². The van der Waals surface area contributed by atoms with Gasteiger partial charge in [0.25, 0.3) is 0 Å². The van der Waals surface area contributed by atoms with Crippen molar-refractivity contribution in [2.45, 2.75) is 13.3 Å². The highest BCUT2D eigenvalue weighted by atomic mass is 19.1. The smallest absolute Gasteiger partial charge is 0.223 e. The second-order valence-electron chi connectivity index (χ2n) is 2.47. The standard InChI is InChI=1S/C9H9FO2/c1-2-6-3-4-7(10)9(12)8(11)5-6/h3-5H,2H2,1H3,(H,11,12). The normalized spacial score (nSPS) is 9.83. The van der Waals surface area contributed by atoms with Gasteiger partial charge in [-0.3, -0.25) is 4.79 Å². The fraction of sp³-hybridized carbons (Fsp3) is 0.222. The molecule has 0 amide bonds. The van der Waals surface area contributed by atoms with E-state index in [0.29, 0.717) is 12.0 Å². The van der Waals surface area contributed by atoms with Crippen molar-refractivity contribution < 1.29 is 9.50 Å². The molecule has 0 fully saturated rings. The average molecular weight is 168 g/mol. The van der Waals surface area contributed by atoms with Gasteiger partial charge in [-0.25, -0.2) is 4.39 Å². The number of hydrogen-bond acceptors (Lipinski definition) is 2. The van der Waals surface area contributed by atoms with Crippen molar-refractivity contribution in [3.05, 3.63) is 39.8 Å². The third-order valence-corrected chi connectivity index (χ3v) is 1.63. The summed E-state index contributed by atoms with van der Waals surface area (Å²) >= 11 is 0. The first kappa shape index (κ1) is 8.71. The van der Waals surface area contributed by atoms with E-state index in [-0.39, 0.29) is 0 Å². The zero-order chi connectivity index (χ0) is 9.14. The predicted molar refractivity (Wildman–Crippen MR) is 43.7 cm³/mol. The highest BCUT2D eigenvalue weighted by molar-refractivity contribution is 5.25. The summed E-state index contributed by atoms with van der Waals surface area (Å²) in [7, 11) is 0. The SMILES string of the molecule is CCc1ccc(F)c(O)c(=O)c1. The van der Waals surface area contributed by atoms with Crippen molar-refractivity contribution in [3.8, 4) is 5.75 Å². The predicted octanol–water partition coefficient (Wildman–Crippen LogP) is 1.45. The molecular weight excluding hydrogens is 159 g/mol. The fourth-order valence-corrected chi connectivity index (χ4v) is 0.882. The Hall–Kier alpha value is -1.38. The van der Waals surface area contributed by atoms with E-state index in [4.69, 9.17) is 5.11 Å². The molecule has 0 unspecified atom stereocenters. The molecule has 0 aromatic heterocycles. The van der Waals surface area contributed by atoms with E-state index in [1.165, 1.54) is 12.1 Å². The zero-order valence-electron chi connectivity index (χ0n) is 6.67. The van der Waals surface area contributed by atoms with Crippen LogP contribution in [0.15, 0.2) is 23.0 Å². The van der Waals surface area contributed by atoms with Crippen molar-refractivity contribution in [1.29, 1.82) is 0 Å². The van der Waals surface area contributed by atoms with Crippen molar-refractivity contribution in [2.75, 3.05) is 0 Å². The minimum Gasteiger partial charge on any atom is -0.502 e. The molecule has 0 bridgehead atoms. The van der Waals surface area contributed by atoms with Gasteiger partial charge < -0.3 is 5.11 Å². The maximum absolute atomic E-state index is 12.7. The van der Waals surface area contributed by atoms with E-state index in [9.17, 15) is 9.18 Å². The van der Waals surface area contributed by atoms with E-state index >= 15 is 0 Å². The Labute approximate surface area is 69.3 Å². The lowest BCUT2D eigenvalue weighted by Gasteiger charge is -1.84. The van der Waals surface area contributed by atoms with Crippen LogP contribution < -0.4 is 5.43 Å². The van der Waals surface area contributed by atoms with E-state index in [1.54, 1.807) is 0 Å². The highest BCUT2D eigenvalue weighted by Gasteiger charge is 2.02. The summed E-state index contributed by atoms with van der Waals surface area (Å²) in [6, 6.07) is 3.81. The molecule has 1 N–H and O–H groups in total. The summed E-state index contributed by atoms with van der Waals surface area (Å²) in [5, 5.41) is 8.90. The summed E-state index contributed by atoms with van der Waals surface area (Å²) < 4.78 is 12.7. The quantitative estimate of drug-likeness (QED) is 0.689. The van der Waals surface area contributed by atoms with Gasteiger partial charge in [-0.2, -0.15) is 0 Å². The first-order valence-corrected chi connectivity index (χ1v) is 3.67. The lowest BCUT2D eigenvalue weighted by molar-refractivity contribution is 0.429. The lowest BCUT2D eigenvalue weighted by Crippen LogP contribution is -1.96. The Morgan fingerprint density at radius 1 is 1.50 bits per heavy atom. The van der Waals surface area contributed by atoms with Crippen molar-refractivity contribution in [1.82, 2.24) is 0 Å². The molecule has 0 atom stereocenters. The Morgan fingerprint density at radius 2 is 2.17 bits per heavy atom. The first-order chi connectivity index (χ1) is 5.65. The first-order valence-electron chi connectivity index (χ1n) is 3.67. The van der Waals surface area contributed by atoms with Gasteiger partial charge in [-0.15, -0.1) is 0 Å². The van der Waals surface area contributed by atoms with Gasteiger partial charge in [-0.05, 0) is 24.1 Å². The lowest BCUT2D eigenvalue weighted by atomic mass is 10.2. The Kier molecular flexibility index (Phi) is 2.43. The Morgan fingerprint density at radius 3 is 2.75 bits per heavy atom. The van der Waals surface area contributed by atoms with Crippen LogP contribution in [0.25, 0.3) is 0 Å². The van der Waals surface area contributed by atoms with Crippen LogP contribution in [-0.2, 0) is 6.42 Å². The Bertz CT molecular complexity index is 347. The molecule has 1 aromatic carbocycles. The van der Waals surface area contributed by atoms with E-state index in [2.05, 4.69) is 0 Å². The Balaban J connectivity index is 3.45. The summed E-state index contributed by atoms with van der Waals surface area (Å²) in [6.45, 7) is 1.85. The molecule has 0 aliphatic rings. The molecule has 0 aliphatic heterocycles. The number of aryl methyl sites for hydroxylation is 1. The molecule has 0 saturated carbocycles. The monoisotopic (exact) mass is 168 g/mol. The molecule has 0 aliphatic carbocycles. The molecule has 0 radical (unpaired) electrons. The van der Waals surface area contributed by atoms with Gasteiger partial charge in [0.15, 0.2) is 11.6 Å². The average Bonchev–Trinajstić information content (AvgIpc) is 2.19. The van der Waals surface area contributed by atoms with Gasteiger partial charge in [-0.1, -0.05) is 13.0 Å². The maximum Gasteiger partial charge on any atom is 0.223 e. The number of hydrogen-bond donors (Lipinski definition) is 1. The second kappa shape index (κ2) is 3.34. The molecule has 12 heavy (non-hydrogen) atoms. The molecule has 3 heteroatoms. The van der Waals surface area contributed by atoms with Crippen LogP contribution in [0.2, 0.25) is 0 Å². The molecule has 0 saturated heterocycles. The van der Waals surface area contributed by atoms with Crippen LogP contribution in [0, 0.1) is 5.82 Å². The summed E-state index contributed by atoms with van der Waals surface area (Å²) in [4.78, 5) is 10.9. The van der Waals surface area contributed by atoms with Crippen LogP contribution in [0.4, 0.5) is 4.39 Å². The number of halogens is 1. The molecule has 2 nitrogen and oxygen atoms in total. The van der Waals surface area contributed by atoms with Gasteiger partial charge in [0.1, 0.15) is 0 Å². The van der Waals surface area contributed by atoms with Gasteiger partial charge >= 0.3 is 0 Å². The summed E-state index contributed by atoms with van der Waals surface area (Å²) in [5.74, 6) is -1.69. The van der Waals surface area contributed by atoms with Crippen LogP contribution in [0.1, 0.15) is 12.5 Å². The molecule has 1 aromatic rings. The van der Waals surface area contributed by atoms with Gasteiger partial charge in [0.2, 0.25) is 5.43 Å². The largest absolute Gasteiger partial charge is 0.502 e. The second-order valence-corrected chi connectivity index (χ2v) is 2.47. The fourth-order valence-electron chi connectivity index (χ4n) is 0.882. The third-order valence-electron chi connectivity index (χ3n) is 1.63. The van der Waals surface area contributed by atoms with Crippen molar-refractivity contribution in [2.24, 2.45) is 0 Å². The molecule has 1 rings (SSSR count). The molecule has 0 spiro atoms. The molecular formula is C9H9FO2. The van der Waals surface area contributed by atoms with Gasteiger partial charge in [0, 0.05) is 0 Å². The third kappa shape index (κ3) is 1.61. The minimum atomic E-state index is -0.875. The van der Waals surface area contributed by atoms with E-state index in [0.717, 1.165) is 6.07 Å². The van der Waals surface area contributed by atoms with E-state index in [1.807, 2.05) is 6.92 Å². The van der Waals surface area contributed by atoms with Crippen LogP contribution in [0.5, 0.6) is 5.75 Å². The van der Waals surface area contributed by atoms with Gasteiger partial charge in [0.05, 0.1) is 0 Å². The summed E-state index contributed by atoms with van der Waals surface area (Å²) in [5.41, 5.74) is 0.0357. The number of rotatable bonds is 1. The zero-order valence-corrected chi connectivity index (χ0v) is 6.67. The van der Waals surface area contributed by atoms with Crippen LogP contribution in [-0.4, -0.2) is 5.11 Å². The van der Waals surface area contributed by atoms with E-state index < -0.39 is 17.0 Å². The topological polar surface area (TPSA) is 37.3 Å². The molecule has 0 heterocycles. The number of aromatic hydroxyl groups is 1. The maximum atomic E-state index is 12.7.